The van der Waals surface area contributed by atoms with Crippen LogP contribution in [0.3, 0.4) is 0 Å². The van der Waals surface area contributed by atoms with Gasteiger partial charge in [0.1, 0.15) is 11.8 Å². The molecular weight excluding hydrogens is 224 g/mol. The van der Waals surface area contributed by atoms with E-state index in [1.165, 1.54) is 0 Å². The van der Waals surface area contributed by atoms with Gasteiger partial charge in [-0.15, -0.1) is 0 Å². The van der Waals surface area contributed by atoms with Crippen LogP contribution < -0.4 is 5.32 Å². The van der Waals surface area contributed by atoms with Crippen molar-refractivity contribution in [1.82, 2.24) is 10.3 Å². The molecule has 1 heterocycles. The van der Waals surface area contributed by atoms with E-state index in [9.17, 15) is 9.59 Å². The molecule has 0 aliphatic rings. The molecule has 1 unspecified atom stereocenters. The third-order valence-electron chi connectivity index (χ3n) is 2.27. The molecule has 2 N–H and O–H groups in total. The van der Waals surface area contributed by atoms with E-state index < -0.39 is 17.9 Å². The van der Waals surface area contributed by atoms with Crippen LogP contribution in [0.1, 0.15) is 36.5 Å². The van der Waals surface area contributed by atoms with Gasteiger partial charge in [-0.1, -0.05) is 13.8 Å². The second-order valence-electron chi connectivity index (χ2n) is 4.25. The molecule has 0 radical (unpaired) electrons. The lowest BCUT2D eigenvalue weighted by Gasteiger charge is -2.15. The van der Waals surface area contributed by atoms with Crippen molar-refractivity contribution in [2.75, 3.05) is 0 Å². The summed E-state index contributed by atoms with van der Waals surface area (Å²) >= 11 is 0. The van der Waals surface area contributed by atoms with E-state index in [4.69, 9.17) is 9.52 Å². The second-order valence-corrected chi connectivity index (χ2v) is 4.25. The van der Waals surface area contributed by atoms with Crippen molar-refractivity contribution in [1.29, 1.82) is 0 Å². The molecule has 0 saturated carbocycles. The number of carboxylic acid groups (broad SMARTS) is 1. The Balaban J connectivity index is 2.71. The Morgan fingerprint density at radius 2 is 2.18 bits per heavy atom. The van der Waals surface area contributed by atoms with Crippen LogP contribution >= 0.6 is 0 Å². The van der Waals surface area contributed by atoms with Gasteiger partial charge in [-0.2, -0.15) is 0 Å². The normalized spacial score (nSPS) is 12.5. The van der Waals surface area contributed by atoms with Crippen LogP contribution in [0.15, 0.2) is 10.8 Å². The molecule has 0 bridgehead atoms. The maximum atomic E-state index is 11.7. The van der Waals surface area contributed by atoms with E-state index in [2.05, 4.69) is 10.3 Å². The summed E-state index contributed by atoms with van der Waals surface area (Å²) < 4.78 is 4.89. The molecule has 0 aliphatic heterocycles. The van der Waals surface area contributed by atoms with Crippen molar-refractivity contribution in [3.8, 4) is 0 Å². The Labute approximate surface area is 99.0 Å². The molecule has 1 aromatic heterocycles. The van der Waals surface area contributed by atoms with Crippen molar-refractivity contribution >= 4 is 11.9 Å². The fourth-order valence-electron chi connectivity index (χ4n) is 1.44. The number of amides is 1. The number of oxazole rings is 1. The maximum absolute atomic E-state index is 11.7. The van der Waals surface area contributed by atoms with E-state index in [0.717, 1.165) is 6.39 Å². The highest BCUT2D eigenvalue weighted by Gasteiger charge is 2.23. The fraction of sp³-hybridized carbons (Fsp3) is 0.545. The minimum Gasteiger partial charge on any atom is -0.480 e. The first-order valence-electron chi connectivity index (χ1n) is 5.35. The number of nitrogens with zero attached hydrogens (tertiary/aromatic N) is 1. The first-order valence-corrected chi connectivity index (χ1v) is 5.35. The summed E-state index contributed by atoms with van der Waals surface area (Å²) in [6.45, 7) is 5.38. The van der Waals surface area contributed by atoms with Crippen LogP contribution in [-0.2, 0) is 4.79 Å². The number of carbonyl (C=O) groups excluding carboxylic acids is 1. The molecule has 6 nitrogen and oxygen atoms in total. The SMILES string of the molecule is Cc1ocnc1C(=O)NC(CC(C)C)C(=O)O. The molecule has 0 spiro atoms. The Morgan fingerprint density at radius 1 is 1.53 bits per heavy atom. The molecule has 1 amide bonds. The van der Waals surface area contributed by atoms with E-state index in [0.29, 0.717) is 12.2 Å². The molecular formula is C11H16N2O4. The van der Waals surface area contributed by atoms with Crippen LogP contribution in [0.25, 0.3) is 0 Å². The highest BCUT2D eigenvalue weighted by Crippen LogP contribution is 2.08. The van der Waals surface area contributed by atoms with E-state index in [1.807, 2.05) is 13.8 Å². The largest absolute Gasteiger partial charge is 0.480 e. The molecule has 0 aromatic carbocycles. The van der Waals surface area contributed by atoms with Gasteiger partial charge in [0.15, 0.2) is 12.1 Å². The number of hydrogen-bond donors (Lipinski definition) is 2. The van der Waals surface area contributed by atoms with Gasteiger partial charge < -0.3 is 14.8 Å². The van der Waals surface area contributed by atoms with Gasteiger partial charge in [-0.3, -0.25) is 4.79 Å². The standard InChI is InChI=1S/C11H16N2O4/c1-6(2)4-8(11(15)16)13-10(14)9-7(3)17-5-12-9/h5-6,8H,4H2,1-3H3,(H,13,14)(H,15,16). The average molecular weight is 240 g/mol. The number of aliphatic carboxylic acids is 1. The molecule has 94 valence electrons. The first kappa shape index (κ1) is 13.2. The van der Waals surface area contributed by atoms with Gasteiger partial charge in [0.2, 0.25) is 0 Å². The molecule has 6 heteroatoms. The number of hydrogen-bond acceptors (Lipinski definition) is 4. The summed E-state index contributed by atoms with van der Waals surface area (Å²) in [6.07, 6.45) is 1.53. The summed E-state index contributed by atoms with van der Waals surface area (Å²) in [5.41, 5.74) is 0.125. The Hall–Kier alpha value is -1.85. The van der Waals surface area contributed by atoms with Crippen LogP contribution in [0.2, 0.25) is 0 Å². The average Bonchev–Trinajstić information content (AvgIpc) is 2.62. The van der Waals surface area contributed by atoms with Gasteiger partial charge in [0.05, 0.1) is 0 Å². The van der Waals surface area contributed by atoms with Gasteiger partial charge in [0, 0.05) is 0 Å². The number of carbonyl (C=O) groups is 2. The van der Waals surface area contributed by atoms with Gasteiger partial charge >= 0.3 is 5.97 Å². The van der Waals surface area contributed by atoms with Crippen molar-refractivity contribution in [3.05, 3.63) is 17.8 Å². The highest BCUT2D eigenvalue weighted by molar-refractivity contribution is 5.95. The smallest absolute Gasteiger partial charge is 0.326 e. The van der Waals surface area contributed by atoms with Gasteiger partial charge in [-0.25, -0.2) is 9.78 Å². The minimum atomic E-state index is -1.05. The summed E-state index contributed by atoms with van der Waals surface area (Å²) in [4.78, 5) is 26.4. The summed E-state index contributed by atoms with van der Waals surface area (Å²) in [7, 11) is 0. The monoisotopic (exact) mass is 240 g/mol. The molecule has 0 aliphatic carbocycles. The number of carboxylic acids is 1. The zero-order valence-corrected chi connectivity index (χ0v) is 10.1. The van der Waals surface area contributed by atoms with Crippen LogP contribution in [-0.4, -0.2) is 28.0 Å². The predicted octanol–water partition coefficient (Wildman–Crippen LogP) is 1.21. The van der Waals surface area contributed by atoms with E-state index >= 15 is 0 Å². The molecule has 1 aromatic rings. The Bertz CT molecular complexity index is 411. The third-order valence-corrected chi connectivity index (χ3v) is 2.27. The van der Waals surface area contributed by atoms with Crippen molar-refractivity contribution in [3.63, 3.8) is 0 Å². The van der Waals surface area contributed by atoms with Crippen molar-refractivity contribution < 1.29 is 19.1 Å². The van der Waals surface area contributed by atoms with Crippen LogP contribution in [0.4, 0.5) is 0 Å². The lowest BCUT2D eigenvalue weighted by Crippen LogP contribution is -2.41. The third kappa shape index (κ3) is 3.58. The van der Waals surface area contributed by atoms with Crippen LogP contribution in [0, 0.1) is 12.8 Å². The number of rotatable bonds is 5. The summed E-state index contributed by atoms with van der Waals surface area (Å²) in [5.74, 6) is -1.02. The fourth-order valence-corrected chi connectivity index (χ4v) is 1.44. The number of aryl methyl sites for hydroxylation is 1. The summed E-state index contributed by atoms with van der Waals surface area (Å²) in [5, 5.41) is 11.4. The Morgan fingerprint density at radius 3 is 2.59 bits per heavy atom. The van der Waals surface area contributed by atoms with Crippen LogP contribution in [0.5, 0.6) is 0 Å². The Kier molecular flexibility index (Phi) is 4.25. The zero-order valence-electron chi connectivity index (χ0n) is 10.1. The van der Waals surface area contributed by atoms with E-state index in [1.54, 1.807) is 6.92 Å². The van der Waals surface area contributed by atoms with Gasteiger partial charge in [0.25, 0.3) is 5.91 Å². The topological polar surface area (TPSA) is 92.4 Å². The number of nitrogens with one attached hydrogen (secondary N) is 1. The second kappa shape index (κ2) is 5.47. The highest BCUT2D eigenvalue weighted by atomic mass is 16.4. The molecule has 0 fully saturated rings. The lowest BCUT2D eigenvalue weighted by atomic mass is 10.0. The summed E-state index contributed by atoms with van der Waals surface area (Å²) in [6, 6.07) is -0.904. The molecule has 17 heavy (non-hydrogen) atoms. The van der Waals surface area contributed by atoms with Crippen molar-refractivity contribution in [2.45, 2.75) is 33.2 Å². The van der Waals surface area contributed by atoms with Crippen molar-refractivity contribution in [2.24, 2.45) is 5.92 Å². The quantitative estimate of drug-likeness (QED) is 0.807. The predicted molar refractivity (Wildman–Crippen MR) is 59.6 cm³/mol. The maximum Gasteiger partial charge on any atom is 0.326 e. The van der Waals surface area contributed by atoms with E-state index in [-0.39, 0.29) is 11.6 Å². The van der Waals surface area contributed by atoms with Gasteiger partial charge in [-0.05, 0) is 19.3 Å². The zero-order chi connectivity index (χ0) is 13.0. The molecule has 1 atom stereocenters. The molecule has 0 saturated heterocycles. The number of aromatic nitrogens is 1. The lowest BCUT2D eigenvalue weighted by molar-refractivity contribution is -0.139. The minimum absolute atomic E-state index is 0.125. The first-order chi connectivity index (χ1) is 7.91. The molecule has 1 rings (SSSR count).